The fourth-order valence-electron chi connectivity index (χ4n) is 1.84. The summed E-state index contributed by atoms with van der Waals surface area (Å²) in [6.07, 6.45) is 0. The van der Waals surface area contributed by atoms with Gasteiger partial charge in [-0.15, -0.1) is 0 Å². The van der Waals surface area contributed by atoms with Crippen LogP contribution in [-0.2, 0) is 4.79 Å². The highest BCUT2D eigenvalue weighted by atomic mass is 35.5. The summed E-state index contributed by atoms with van der Waals surface area (Å²) < 4.78 is 0. The van der Waals surface area contributed by atoms with Crippen LogP contribution in [0.15, 0.2) is 24.3 Å². The van der Waals surface area contributed by atoms with Crippen LogP contribution in [0.5, 0.6) is 0 Å². The van der Waals surface area contributed by atoms with Gasteiger partial charge in [0.1, 0.15) is 0 Å². The standard InChI is InChI=1S/C14H20ClN3O2/c1-9(2)13(10-4-6-11(15)7-5-10)17-8-12(19)18-14(20)16-3/h4-7,9,13,17H,8H2,1-3H3,(H2,16,18,19,20). The van der Waals surface area contributed by atoms with Crippen molar-refractivity contribution in [1.29, 1.82) is 0 Å². The second kappa shape index (κ2) is 7.87. The van der Waals surface area contributed by atoms with E-state index in [0.29, 0.717) is 10.9 Å². The molecule has 0 heterocycles. The molecule has 3 N–H and O–H groups in total. The van der Waals surface area contributed by atoms with E-state index in [1.54, 1.807) is 0 Å². The Kier molecular flexibility index (Phi) is 6.48. The Morgan fingerprint density at radius 3 is 2.30 bits per heavy atom. The van der Waals surface area contributed by atoms with Crippen molar-refractivity contribution in [3.05, 3.63) is 34.9 Å². The van der Waals surface area contributed by atoms with E-state index in [1.807, 2.05) is 24.3 Å². The molecule has 1 aromatic carbocycles. The van der Waals surface area contributed by atoms with Gasteiger partial charge in [-0.3, -0.25) is 10.1 Å². The number of nitrogens with one attached hydrogen (secondary N) is 3. The molecular formula is C14H20ClN3O2. The van der Waals surface area contributed by atoms with E-state index < -0.39 is 6.03 Å². The van der Waals surface area contributed by atoms with Crippen LogP contribution in [0.2, 0.25) is 5.02 Å². The van der Waals surface area contributed by atoms with Gasteiger partial charge in [0.05, 0.1) is 6.54 Å². The molecule has 0 saturated heterocycles. The smallest absolute Gasteiger partial charge is 0.321 e. The van der Waals surface area contributed by atoms with Crippen molar-refractivity contribution >= 4 is 23.5 Å². The fourth-order valence-corrected chi connectivity index (χ4v) is 1.97. The molecule has 0 bridgehead atoms. The van der Waals surface area contributed by atoms with Crippen LogP contribution in [0.1, 0.15) is 25.5 Å². The largest absolute Gasteiger partial charge is 0.341 e. The normalized spacial score (nSPS) is 12.1. The molecule has 1 unspecified atom stereocenters. The number of benzene rings is 1. The van der Waals surface area contributed by atoms with Gasteiger partial charge in [0, 0.05) is 18.1 Å². The molecule has 0 fully saturated rings. The number of urea groups is 1. The number of hydrogen-bond donors (Lipinski definition) is 3. The number of carbonyl (C=O) groups excluding carboxylic acids is 2. The zero-order valence-electron chi connectivity index (χ0n) is 11.9. The van der Waals surface area contributed by atoms with Crippen LogP contribution in [0.3, 0.4) is 0 Å². The lowest BCUT2D eigenvalue weighted by Gasteiger charge is -2.22. The second-order valence-electron chi connectivity index (χ2n) is 4.78. The monoisotopic (exact) mass is 297 g/mol. The average Bonchev–Trinajstić information content (AvgIpc) is 2.40. The Hall–Kier alpha value is -1.59. The third-order valence-electron chi connectivity index (χ3n) is 2.86. The number of halogens is 1. The van der Waals surface area contributed by atoms with Crippen molar-refractivity contribution in [3.8, 4) is 0 Å². The van der Waals surface area contributed by atoms with Gasteiger partial charge in [-0.2, -0.15) is 0 Å². The van der Waals surface area contributed by atoms with Crippen LogP contribution in [-0.4, -0.2) is 25.5 Å². The van der Waals surface area contributed by atoms with Crippen molar-refractivity contribution in [3.63, 3.8) is 0 Å². The fraction of sp³-hybridized carbons (Fsp3) is 0.429. The molecule has 0 saturated carbocycles. The van der Waals surface area contributed by atoms with Crippen molar-refractivity contribution in [2.24, 2.45) is 5.92 Å². The predicted octanol–water partition coefficient (Wildman–Crippen LogP) is 2.08. The van der Waals surface area contributed by atoms with Crippen molar-refractivity contribution in [2.45, 2.75) is 19.9 Å². The summed E-state index contributed by atoms with van der Waals surface area (Å²) in [5, 5.41) is 8.37. The highest BCUT2D eigenvalue weighted by Crippen LogP contribution is 2.22. The SMILES string of the molecule is CNC(=O)NC(=O)CNC(c1ccc(Cl)cc1)C(C)C. The molecule has 5 nitrogen and oxygen atoms in total. The third-order valence-corrected chi connectivity index (χ3v) is 3.11. The summed E-state index contributed by atoms with van der Waals surface area (Å²) in [6.45, 7) is 4.19. The Bertz CT molecular complexity index is 460. The Morgan fingerprint density at radius 1 is 1.20 bits per heavy atom. The van der Waals surface area contributed by atoms with Crippen LogP contribution in [0.4, 0.5) is 4.79 Å². The minimum absolute atomic E-state index is 0.0164. The molecular weight excluding hydrogens is 278 g/mol. The lowest BCUT2D eigenvalue weighted by Crippen LogP contribution is -2.43. The lowest BCUT2D eigenvalue weighted by atomic mass is 9.96. The molecule has 0 aliphatic rings. The molecule has 0 radical (unpaired) electrons. The lowest BCUT2D eigenvalue weighted by molar-refractivity contribution is -0.119. The first-order valence-electron chi connectivity index (χ1n) is 6.44. The van der Waals surface area contributed by atoms with Gasteiger partial charge >= 0.3 is 6.03 Å². The molecule has 110 valence electrons. The van der Waals surface area contributed by atoms with E-state index in [9.17, 15) is 9.59 Å². The van der Waals surface area contributed by atoms with Crippen LogP contribution < -0.4 is 16.0 Å². The van der Waals surface area contributed by atoms with Gasteiger partial charge in [-0.05, 0) is 23.6 Å². The van der Waals surface area contributed by atoms with Gasteiger partial charge in [-0.25, -0.2) is 4.79 Å². The topological polar surface area (TPSA) is 70.2 Å². The van der Waals surface area contributed by atoms with E-state index >= 15 is 0 Å². The minimum atomic E-state index is -0.510. The summed E-state index contributed by atoms with van der Waals surface area (Å²) in [5.41, 5.74) is 1.05. The summed E-state index contributed by atoms with van der Waals surface area (Å²) in [5.74, 6) is -0.0760. The summed E-state index contributed by atoms with van der Waals surface area (Å²) >= 11 is 5.87. The van der Waals surface area contributed by atoms with Crippen molar-refractivity contribution < 1.29 is 9.59 Å². The predicted molar refractivity (Wildman–Crippen MR) is 79.6 cm³/mol. The molecule has 6 heteroatoms. The zero-order chi connectivity index (χ0) is 15.1. The van der Waals surface area contributed by atoms with E-state index in [0.717, 1.165) is 5.56 Å². The van der Waals surface area contributed by atoms with Gasteiger partial charge in [0.2, 0.25) is 5.91 Å². The van der Waals surface area contributed by atoms with Crippen molar-refractivity contribution in [2.75, 3.05) is 13.6 Å². The Morgan fingerprint density at radius 2 is 1.80 bits per heavy atom. The number of rotatable bonds is 5. The van der Waals surface area contributed by atoms with Gasteiger partial charge < -0.3 is 10.6 Å². The van der Waals surface area contributed by atoms with Crippen LogP contribution in [0.25, 0.3) is 0 Å². The molecule has 0 aliphatic heterocycles. The molecule has 20 heavy (non-hydrogen) atoms. The summed E-state index contributed by atoms with van der Waals surface area (Å²) in [6, 6.07) is 7.00. The average molecular weight is 298 g/mol. The molecule has 0 spiro atoms. The Labute approximate surface area is 124 Å². The number of amides is 3. The molecule has 1 atom stereocenters. The molecule has 1 rings (SSSR count). The first-order chi connectivity index (χ1) is 9.43. The van der Waals surface area contributed by atoms with Gasteiger partial charge in [0.15, 0.2) is 0 Å². The maximum absolute atomic E-state index is 11.6. The highest BCUT2D eigenvalue weighted by molar-refractivity contribution is 6.30. The maximum atomic E-state index is 11.6. The number of hydrogen-bond acceptors (Lipinski definition) is 3. The van der Waals surface area contributed by atoms with Crippen LogP contribution in [0, 0.1) is 5.92 Å². The summed E-state index contributed by atoms with van der Waals surface area (Å²) in [7, 11) is 1.46. The molecule has 1 aromatic rings. The first-order valence-corrected chi connectivity index (χ1v) is 6.82. The zero-order valence-corrected chi connectivity index (χ0v) is 12.6. The van der Waals surface area contributed by atoms with Crippen LogP contribution >= 0.6 is 11.6 Å². The van der Waals surface area contributed by atoms with E-state index in [4.69, 9.17) is 11.6 Å². The van der Waals surface area contributed by atoms with E-state index in [2.05, 4.69) is 29.8 Å². The number of imide groups is 1. The molecule has 0 aromatic heterocycles. The Balaban J connectivity index is 2.62. The van der Waals surface area contributed by atoms with E-state index in [1.165, 1.54) is 7.05 Å². The molecule has 0 aliphatic carbocycles. The number of carbonyl (C=O) groups is 2. The maximum Gasteiger partial charge on any atom is 0.321 e. The van der Waals surface area contributed by atoms with E-state index in [-0.39, 0.29) is 18.5 Å². The van der Waals surface area contributed by atoms with Gasteiger partial charge in [0.25, 0.3) is 0 Å². The highest BCUT2D eigenvalue weighted by Gasteiger charge is 2.17. The molecule has 3 amide bonds. The second-order valence-corrected chi connectivity index (χ2v) is 5.22. The van der Waals surface area contributed by atoms with Gasteiger partial charge in [-0.1, -0.05) is 37.6 Å². The summed E-state index contributed by atoms with van der Waals surface area (Å²) in [4.78, 5) is 22.6. The first kappa shape index (κ1) is 16.5. The minimum Gasteiger partial charge on any atom is -0.341 e. The quantitative estimate of drug-likeness (QED) is 0.779. The third kappa shape index (κ3) is 5.19. The van der Waals surface area contributed by atoms with Crippen molar-refractivity contribution in [1.82, 2.24) is 16.0 Å².